The molecule has 7 nitrogen and oxygen atoms in total. The van der Waals surface area contributed by atoms with E-state index in [1.165, 1.54) is 28.5 Å². The van der Waals surface area contributed by atoms with Gasteiger partial charge in [0.15, 0.2) is 5.11 Å². The summed E-state index contributed by atoms with van der Waals surface area (Å²) in [4.78, 5) is 33.9. The number of nitrogens with zero attached hydrogens (tertiary/aromatic N) is 4. The van der Waals surface area contributed by atoms with E-state index in [0.717, 1.165) is 11.3 Å². The van der Waals surface area contributed by atoms with Gasteiger partial charge in [-0.25, -0.2) is 9.37 Å². The van der Waals surface area contributed by atoms with E-state index in [9.17, 15) is 14.9 Å². The second-order valence-electron chi connectivity index (χ2n) is 8.66. The van der Waals surface area contributed by atoms with Gasteiger partial charge in [0.2, 0.25) is 0 Å². The average Bonchev–Trinajstić information content (AvgIpc) is 3.38. The van der Waals surface area contributed by atoms with Gasteiger partial charge < -0.3 is 10.6 Å². The Morgan fingerprint density at radius 1 is 1.37 bits per heavy atom. The Balaban J connectivity index is 1.66. The van der Waals surface area contributed by atoms with Crippen molar-refractivity contribution in [1.29, 1.82) is 5.26 Å². The van der Waals surface area contributed by atoms with Crippen molar-refractivity contribution in [1.82, 2.24) is 4.98 Å². The lowest BCUT2D eigenvalue weighted by Crippen LogP contribution is -2.55. The number of primary amides is 1. The molecule has 176 valence electrons. The molecule has 1 aromatic carbocycles. The number of thiocarbonyl (C=S) groups is 1. The number of amides is 2. The second-order valence-corrected chi connectivity index (χ2v) is 10.1. The molecule has 1 saturated carbocycles. The summed E-state index contributed by atoms with van der Waals surface area (Å²) in [6, 6.07) is 10.4. The van der Waals surface area contributed by atoms with Gasteiger partial charge in [-0.05, 0) is 73.6 Å². The van der Waals surface area contributed by atoms with Gasteiger partial charge in [-0.15, -0.1) is 11.3 Å². The molecule has 0 atom stereocenters. The lowest BCUT2D eigenvalue weighted by atomic mass is 9.75. The number of aromatic nitrogens is 1. The Morgan fingerprint density at radius 3 is 2.71 bits per heavy atom. The molecule has 2 amide bonds. The van der Waals surface area contributed by atoms with Crippen molar-refractivity contribution in [2.75, 3.05) is 9.80 Å². The summed E-state index contributed by atoms with van der Waals surface area (Å²) in [5.41, 5.74) is 6.34. The van der Waals surface area contributed by atoms with Crippen molar-refractivity contribution >= 4 is 51.9 Å². The van der Waals surface area contributed by atoms with Crippen LogP contribution in [0.2, 0.25) is 0 Å². The number of nitriles is 1. The monoisotopic (exact) mass is 505 g/mol. The van der Waals surface area contributed by atoms with Crippen LogP contribution in [0.4, 0.5) is 15.8 Å². The molecular formula is C25H20FN5O2S2. The molecule has 2 fully saturated rings. The van der Waals surface area contributed by atoms with Gasteiger partial charge in [-0.1, -0.05) is 6.07 Å². The molecule has 0 unspecified atom stereocenters. The minimum atomic E-state index is -0.941. The summed E-state index contributed by atoms with van der Waals surface area (Å²) in [6.45, 7) is 1.74. The van der Waals surface area contributed by atoms with Gasteiger partial charge in [0.1, 0.15) is 23.1 Å². The second kappa shape index (κ2) is 8.52. The third kappa shape index (κ3) is 3.50. The van der Waals surface area contributed by atoms with Crippen molar-refractivity contribution in [3.05, 3.63) is 75.0 Å². The fraction of sp³-hybridized carbons (Fsp3) is 0.240. The first-order valence-corrected chi connectivity index (χ1v) is 12.3. The highest BCUT2D eigenvalue weighted by molar-refractivity contribution is 7.81. The van der Waals surface area contributed by atoms with Gasteiger partial charge >= 0.3 is 0 Å². The first kappa shape index (κ1) is 23.1. The molecule has 5 rings (SSSR count). The maximum Gasteiger partial charge on any atom is 0.259 e. The topological polar surface area (TPSA) is 103 Å². The Hall–Kier alpha value is -3.68. The lowest BCUT2D eigenvalue weighted by molar-refractivity contribution is -0.123. The molecule has 2 aliphatic rings. The van der Waals surface area contributed by atoms with Crippen LogP contribution in [0.3, 0.4) is 0 Å². The normalized spacial score (nSPS) is 16.5. The molecule has 1 saturated heterocycles. The van der Waals surface area contributed by atoms with Crippen LogP contribution in [0.1, 0.15) is 51.3 Å². The Labute approximate surface area is 210 Å². The van der Waals surface area contributed by atoms with Gasteiger partial charge in [0.05, 0.1) is 23.1 Å². The van der Waals surface area contributed by atoms with E-state index in [1.54, 1.807) is 24.0 Å². The fourth-order valence-corrected chi connectivity index (χ4v) is 5.93. The largest absolute Gasteiger partial charge is 0.366 e. The molecular weight excluding hydrogens is 485 g/mol. The fourth-order valence-electron chi connectivity index (χ4n) is 4.75. The van der Waals surface area contributed by atoms with Gasteiger partial charge in [0, 0.05) is 16.9 Å². The van der Waals surface area contributed by atoms with Crippen LogP contribution in [0.25, 0.3) is 0 Å². The summed E-state index contributed by atoms with van der Waals surface area (Å²) < 4.78 is 15.7. The Kier molecular flexibility index (Phi) is 5.62. The smallest absolute Gasteiger partial charge is 0.259 e. The zero-order valence-corrected chi connectivity index (χ0v) is 20.4. The third-order valence-electron chi connectivity index (χ3n) is 6.68. The third-order valence-corrected chi connectivity index (χ3v) is 7.92. The summed E-state index contributed by atoms with van der Waals surface area (Å²) >= 11 is 7.29. The van der Waals surface area contributed by atoms with Crippen LogP contribution < -0.4 is 15.5 Å². The highest BCUT2D eigenvalue weighted by Gasteiger charge is 2.60. The number of hydrogen-bond donors (Lipinski definition) is 1. The van der Waals surface area contributed by atoms with Gasteiger partial charge in [-0.3, -0.25) is 14.5 Å². The number of carbonyl (C=O) groups excluding carboxylic acids is 2. The highest BCUT2D eigenvalue weighted by atomic mass is 32.1. The van der Waals surface area contributed by atoms with Crippen LogP contribution in [0.5, 0.6) is 0 Å². The Bertz CT molecular complexity index is 1430. The lowest BCUT2D eigenvalue weighted by Gasteiger charge is -2.43. The highest BCUT2D eigenvalue weighted by Crippen LogP contribution is 2.49. The van der Waals surface area contributed by atoms with E-state index in [0.29, 0.717) is 29.8 Å². The minimum Gasteiger partial charge on any atom is -0.366 e. The number of pyridine rings is 1. The summed E-state index contributed by atoms with van der Waals surface area (Å²) in [6.07, 6.45) is 3.62. The van der Waals surface area contributed by atoms with Crippen molar-refractivity contribution in [2.24, 2.45) is 5.73 Å². The van der Waals surface area contributed by atoms with Crippen LogP contribution in [-0.2, 0) is 11.2 Å². The molecule has 10 heteroatoms. The number of halogens is 1. The number of aryl methyl sites for hydroxylation is 1. The first-order valence-electron chi connectivity index (χ1n) is 11.0. The summed E-state index contributed by atoms with van der Waals surface area (Å²) in [5, 5.41) is 11.3. The SMILES string of the molecule is Cc1cc(N2C(=O)C3(CCC3)N(c3ccc(C(N)=O)c(F)c3Cc3cccs3)C2=S)cnc1C#N. The van der Waals surface area contributed by atoms with E-state index in [2.05, 4.69) is 4.98 Å². The number of carbonyl (C=O) groups is 2. The zero-order valence-electron chi connectivity index (χ0n) is 18.7. The maximum atomic E-state index is 15.7. The number of nitrogens with two attached hydrogens (primary N) is 1. The molecule has 3 heterocycles. The number of anilines is 2. The van der Waals surface area contributed by atoms with Crippen LogP contribution in [0, 0.1) is 24.1 Å². The molecule has 0 radical (unpaired) electrons. The van der Waals surface area contributed by atoms with Crippen LogP contribution in [0.15, 0.2) is 41.9 Å². The summed E-state index contributed by atoms with van der Waals surface area (Å²) in [5.74, 6) is -1.77. The predicted molar refractivity (Wildman–Crippen MR) is 135 cm³/mol. The van der Waals surface area contributed by atoms with E-state index >= 15 is 4.39 Å². The van der Waals surface area contributed by atoms with Gasteiger partial charge in [-0.2, -0.15) is 5.26 Å². The van der Waals surface area contributed by atoms with Crippen molar-refractivity contribution in [3.63, 3.8) is 0 Å². The standard InChI is InChI=1S/C25H20FN5O2S2/c1-14-10-15(13-29-19(14)12-27)30-23(33)25(7-3-8-25)31(24(30)34)20-6-5-17(22(28)32)21(26)18(20)11-16-4-2-9-35-16/h2,4-6,9-10,13H,3,7-8,11H2,1H3,(H2,28,32). The first-order chi connectivity index (χ1) is 16.8. The van der Waals surface area contributed by atoms with Gasteiger partial charge in [0.25, 0.3) is 11.8 Å². The number of benzene rings is 1. The van der Waals surface area contributed by atoms with Crippen molar-refractivity contribution < 1.29 is 14.0 Å². The number of thiophene rings is 1. The van der Waals surface area contributed by atoms with E-state index < -0.39 is 17.3 Å². The predicted octanol–water partition coefficient (Wildman–Crippen LogP) is 4.21. The molecule has 2 aromatic heterocycles. The Morgan fingerprint density at radius 2 is 2.14 bits per heavy atom. The minimum absolute atomic E-state index is 0.205. The molecule has 3 aromatic rings. The molecule has 1 aliphatic carbocycles. The maximum absolute atomic E-state index is 15.7. The zero-order chi connectivity index (χ0) is 24.9. The molecule has 0 bridgehead atoms. The summed E-state index contributed by atoms with van der Waals surface area (Å²) in [7, 11) is 0. The van der Waals surface area contributed by atoms with E-state index in [1.807, 2.05) is 23.6 Å². The molecule has 35 heavy (non-hydrogen) atoms. The average molecular weight is 506 g/mol. The van der Waals surface area contributed by atoms with E-state index in [4.69, 9.17) is 18.0 Å². The van der Waals surface area contributed by atoms with E-state index in [-0.39, 0.29) is 34.3 Å². The molecule has 1 aliphatic heterocycles. The quantitative estimate of drug-likeness (QED) is 0.521. The van der Waals surface area contributed by atoms with Crippen LogP contribution >= 0.6 is 23.6 Å². The van der Waals surface area contributed by atoms with Crippen molar-refractivity contribution in [2.45, 2.75) is 38.1 Å². The number of rotatable bonds is 5. The number of hydrogen-bond acceptors (Lipinski definition) is 6. The molecule has 1 spiro atoms. The van der Waals surface area contributed by atoms with Crippen LogP contribution in [-0.4, -0.2) is 27.4 Å². The molecule has 2 N–H and O–H groups in total. The van der Waals surface area contributed by atoms with Crippen molar-refractivity contribution in [3.8, 4) is 6.07 Å².